The molecule has 24 heavy (non-hydrogen) atoms. The van der Waals surface area contributed by atoms with Gasteiger partial charge in [-0.15, -0.1) is 0 Å². The van der Waals surface area contributed by atoms with E-state index in [2.05, 4.69) is 20.4 Å². The Morgan fingerprint density at radius 2 is 2.04 bits per heavy atom. The molecule has 0 unspecified atom stereocenters. The smallest absolute Gasteiger partial charge is 0.271 e. The molecule has 6 nitrogen and oxygen atoms in total. The molecule has 0 spiro atoms. The number of hydrazone groups is 1. The molecule has 1 aliphatic heterocycles. The predicted molar refractivity (Wildman–Crippen MR) is 91.8 cm³/mol. The van der Waals surface area contributed by atoms with Crippen molar-refractivity contribution in [3.8, 4) is 0 Å². The van der Waals surface area contributed by atoms with Crippen LogP contribution >= 0.6 is 0 Å². The van der Waals surface area contributed by atoms with Crippen LogP contribution in [-0.2, 0) is 11.3 Å². The monoisotopic (exact) mass is 324 g/mol. The first-order valence-corrected chi connectivity index (χ1v) is 7.94. The van der Waals surface area contributed by atoms with E-state index in [-0.39, 0.29) is 5.91 Å². The summed E-state index contributed by atoms with van der Waals surface area (Å²) >= 11 is 0. The maximum Gasteiger partial charge on any atom is 0.271 e. The second-order valence-electron chi connectivity index (χ2n) is 5.57. The normalized spacial score (nSPS) is 15.5. The number of benzene rings is 1. The number of aromatic nitrogens is 1. The molecule has 1 fully saturated rings. The molecule has 0 saturated carbocycles. The zero-order valence-corrected chi connectivity index (χ0v) is 13.4. The highest BCUT2D eigenvalue weighted by atomic mass is 16.5. The summed E-state index contributed by atoms with van der Waals surface area (Å²) in [5.74, 6) is -0.229. The average Bonchev–Trinajstić information content (AvgIpc) is 2.64. The summed E-state index contributed by atoms with van der Waals surface area (Å²) in [5, 5.41) is 3.95. The number of nitrogens with zero attached hydrogens (tertiary/aromatic N) is 3. The zero-order valence-electron chi connectivity index (χ0n) is 13.4. The van der Waals surface area contributed by atoms with Crippen LogP contribution in [-0.4, -0.2) is 48.3 Å². The van der Waals surface area contributed by atoms with Gasteiger partial charge in [0.15, 0.2) is 0 Å². The summed E-state index contributed by atoms with van der Waals surface area (Å²) in [4.78, 5) is 18.4. The lowest BCUT2D eigenvalue weighted by Gasteiger charge is -2.26. The molecule has 124 valence electrons. The second-order valence-corrected chi connectivity index (χ2v) is 5.57. The molecule has 1 aliphatic rings. The highest BCUT2D eigenvalue weighted by Gasteiger charge is 2.11. The van der Waals surface area contributed by atoms with Crippen molar-refractivity contribution in [2.45, 2.75) is 6.54 Å². The Morgan fingerprint density at radius 3 is 2.75 bits per heavy atom. The molecule has 0 radical (unpaired) electrons. The molecule has 0 bridgehead atoms. The summed E-state index contributed by atoms with van der Waals surface area (Å²) in [6.07, 6.45) is 4.93. The van der Waals surface area contributed by atoms with Crippen molar-refractivity contribution in [1.82, 2.24) is 15.3 Å². The highest BCUT2D eigenvalue weighted by molar-refractivity contribution is 5.94. The lowest BCUT2D eigenvalue weighted by molar-refractivity contribution is 0.0342. The van der Waals surface area contributed by atoms with Crippen molar-refractivity contribution < 1.29 is 9.53 Å². The number of carbonyl (C=O) groups excluding carboxylic acids is 1. The van der Waals surface area contributed by atoms with E-state index < -0.39 is 0 Å². The topological polar surface area (TPSA) is 66.8 Å². The van der Waals surface area contributed by atoms with Crippen LogP contribution in [0.15, 0.2) is 53.9 Å². The molecule has 2 aromatic rings. The van der Waals surface area contributed by atoms with Gasteiger partial charge in [-0.25, -0.2) is 5.43 Å². The second kappa shape index (κ2) is 8.33. The summed E-state index contributed by atoms with van der Waals surface area (Å²) in [6.45, 7) is 4.35. The first-order chi connectivity index (χ1) is 11.8. The minimum atomic E-state index is -0.229. The molecule has 1 N–H and O–H groups in total. The fraction of sp³-hybridized carbons (Fsp3) is 0.278. The Kier molecular flexibility index (Phi) is 5.65. The number of carbonyl (C=O) groups is 1. The Labute approximate surface area is 141 Å². The predicted octanol–water partition coefficient (Wildman–Crippen LogP) is 1.68. The summed E-state index contributed by atoms with van der Waals surface area (Å²) in [7, 11) is 0. The van der Waals surface area contributed by atoms with Gasteiger partial charge >= 0.3 is 0 Å². The third-order valence-electron chi connectivity index (χ3n) is 3.79. The van der Waals surface area contributed by atoms with Gasteiger partial charge in [-0.1, -0.05) is 18.2 Å². The molecule has 2 heterocycles. The molecule has 1 aromatic carbocycles. The number of amides is 1. The molecule has 0 aliphatic carbocycles. The van der Waals surface area contributed by atoms with Crippen molar-refractivity contribution in [2.24, 2.45) is 5.10 Å². The Bertz CT molecular complexity index is 680. The Balaban J connectivity index is 1.52. The molecule has 1 aromatic heterocycles. The molecule has 1 saturated heterocycles. The zero-order chi connectivity index (χ0) is 16.6. The summed E-state index contributed by atoms with van der Waals surface area (Å²) in [5.41, 5.74) is 5.13. The molecule has 0 atom stereocenters. The summed E-state index contributed by atoms with van der Waals surface area (Å²) in [6, 6.07) is 11.3. The Morgan fingerprint density at radius 1 is 1.25 bits per heavy atom. The van der Waals surface area contributed by atoms with E-state index in [9.17, 15) is 4.79 Å². The van der Waals surface area contributed by atoms with Crippen LogP contribution in [0.2, 0.25) is 0 Å². The number of rotatable bonds is 5. The van der Waals surface area contributed by atoms with Gasteiger partial charge in [0, 0.05) is 43.2 Å². The fourth-order valence-electron chi connectivity index (χ4n) is 2.46. The Hall–Kier alpha value is -2.57. The highest BCUT2D eigenvalue weighted by Crippen LogP contribution is 2.09. The minimum Gasteiger partial charge on any atom is -0.379 e. The lowest BCUT2D eigenvalue weighted by atomic mass is 10.1. The molecular weight excluding hydrogens is 304 g/mol. The third-order valence-corrected chi connectivity index (χ3v) is 3.79. The van der Waals surface area contributed by atoms with Crippen LogP contribution in [0, 0.1) is 0 Å². The van der Waals surface area contributed by atoms with E-state index in [0.29, 0.717) is 5.56 Å². The van der Waals surface area contributed by atoms with Crippen molar-refractivity contribution in [3.63, 3.8) is 0 Å². The van der Waals surface area contributed by atoms with Crippen LogP contribution in [0.1, 0.15) is 21.5 Å². The first-order valence-electron chi connectivity index (χ1n) is 7.94. The van der Waals surface area contributed by atoms with Gasteiger partial charge in [0.05, 0.1) is 19.4 Å². The maximum atomic E-state index is 12.1. The van der Waals surface area contributed by atoms with E-state index in [1.165, 1.54) is 5.56 Å². The van der Waals surface area contributed by atoms with Crippen LogP contribution in [0.3, 0.4) is 0 Å². The third kappa shape index (κ3) is 4.71. The van der Waals surface area contributed by atoms with Gasteiger partial charge in [0.2, 0.25) is 0 Å². The van der Waals surface area contributed by atoms with E-state index in [1.54, 1.807) is 18.6 Å². The van der Waals surface area contributed by atoms with Gasteiger partial charge in [-0.3, -0.25) is 14.7 Å². The van der Waals surface area contributed by atoms with Crippen molar-refractivity contribution in [3.05, 3.63) is 65.5 Å². The van der Waals surface area contributed by atoms with Gasteiger partial charge in [0.25, 0.3) is 5.91 Å². The molecular formula is C18H20N4O2. The number of nitrogens with one attached hydrogen (secondary N) is 1. The van der Waals surface area contributed by atoms with E-state index in [1.807, 2.05) is 36.4 Å². The average molecular weight is 324 g/mol. The number of hydrogen-bond acceptors (Lipinski definition) is 5. The maximum absolute atomic E-state index is 12.1. The van der Waals surface area contributed by atoms with Crippen molar-refractivity contribution >= 4 is 12.1 Å². The largest absolute Gasteiger partial charge is 0.379 e. The summed E-state index contributed by atoms with van der Waals surface area (Å²) < 4.78 is 5.35. The van der Waals surface area contributed by atoms with E-state index in [4.69, 9.17) is 4.74 Å². The molecule has 3 rings (SSSR count). The van der Waals surface area contributed by atoms with Gasteiger partial charge in [0.1, 0.15) is 0 Å². The van der Waals surface area contributed by atoms with Gasteiger partial charge < -0.3 is 4.74 Å². The quantitative estimate of drug-likeness (QED) is 0.671. The number of ether oxygens (including phenoxy) is 1. The molecule has 6 heteroatoms. The minimum absolute atomic E-state index is 0.229. The van der Waals surface area contributed by atoms with Crippen molar-refractivity contribution in [2.75, 3.05) is 26.3 Å². The first kappa shape index (κ1) is 16.3. The fourth-order valence-corrected chi connectivity index (χ4v) is 2.46. The SMILES string of the molecule is O=C(NN=Cc1cccnc1)c1ccc(CN2CCOCC2)cc1. The van der Waals surface area contributed by atoms with Crippen LogP contribution < -0.4 is 5.43 Å². The number of hydrogen-bond donors (Lipinski definition) is 1. The lowest BCUT2D eigenvalue weighted by Crippen LogP contribution is -2.35. The van der Waals surface area contributed by atoms with Gasteiger partial charge in [-0.05, 0) is 23.8 Å². The van der Waals surface area contributed by atoms with Gasteiger partial charge in [-0.2, -0.15) is 5.10 Å². The van der Waals surface area contributed by atoms with Crippen LogP contribution in [0.4, 0.5) is 0 Å². The van der Waals surface area contributed by atoms with E-state index in [0.717, 1.165) is 38.4 Å². The van der Waals surface area contributed by atoms with Crippen LogP contribution in [0.5, 0.6) is 0 Å². The van der Waals surface area contributed by atoms with E-state index >= 15 is 0 Å². The molecule has 1 amide bonds. The standard InChI is InChI=1S/C18H20N4O2/c23-18(21-20-13-16-2-1-7-19-12-16)17-5-3-15(4-6-17)14-22-8-10-24-11-9-22/h1-7,12-13H,8-11,14H2,(H,21,23). The number of pyridine rings is 1. The number of morpholine rings is 1. The van der Waals surface area contributed by atoms with Crippen molar-refractivity contribution in [1.29, 1.82) is 0 Å². The van der Waals surface area contributed by atoms with Crippen LogP contribution in [0.25, 0.3) is 0 Å².